The van der Waals surface area contributed by atoms with Crippen LogP contribution in [0.15, 0.2) is 0 Å². The zero-order valence-electron chi connectivity index (χ0n) is 7.56. The fraction of sp³-hybridized carbons (Fsp3) is 1.00. The molecule has 0 heterocycles. The average Bonchev–Trinajstić information content (AvgIpc) is 2.34. The van der Waals surface area contributed by atoms with Gasteiger partial charge in [-0.1, -0.05) is 6.92 Å². The van der Waals surface area contributed by atoms with E-state index in [4.69, 9.17) is 5.11 Å². The van der Waals surface area contributed by atoms with Crippen LogP contribution in [0.1, 0.15) is 32.6 Å². The maximum atomic E-state index is 8.87. The number of aliphatic hydroxyl groups is 1. The van der Waals surface area contributed by atoms with E-state index < -0.39 is 0 Å². The number of nitrogens with one attached hydrogen (secondary N) is 1. The lowest BCUT2D eigenvalue weighted by Gasteiger charge is -2.28. The summed E-state index contributed by atoms with van der Waals surface area (Å²) in [5.41, 5.74) is 0.258. The first-order chi connectivity index (χ1) is 5.22. The highest BCUT2D eigenvalue weighted by Crippen LogP contribution is 2.35. The molecule has 2 heteroatoms. The van der Waals surface area contributed by atoms with E-state index in [0.29, 0.717) is 6.61 Å². The van der Waals surface area contributed by atoms with Gasteiger partial charge < -0.3 is 10.4 Å². The Morgan fingerprint density at radius 1 is 1.64 bits per heavy atom. The van der Waals surface area contributed by atoms with Gasteiger partial charge in [-0.05, 0) is 38.6 Å². The van der Waals surface area contributed by atoms with Crippen LogP contribution in [0.25, 0.3) is 0 Å². The molecule has 1 aliphatic carbocycles. The van der Waals surface area contributed by atoms with Crippen molar-refractivity contribution in [1.82, 2.24) is 5.32 Å². The van der Waals surface area contributed by atoms with E-state index in [1.807, 2.05) is 7.05 Å². The molecule has 1 saturated carbocycles. The molecule has 1 rings (SSSR count). The molecule has 2 N–H and O–H groups in total. The van der Waals surface area contributed by atoms with E-state index in [1.54, 1.807) is 0 Å². The minimum Gasteiger partial charge on any atom is -0.396 e. The molecule has 1 fully saturated rings. The maximum absolute atomic E-state index is 8.87. The van der Waals surface area contributed by atoms with Crippen LogP contribution < -0.4 is 5.32 Å². The van der Waals surface area contributed by atoms with Crippen LogP contribution in [0.2, 0.25) is 0 Å². The number of rotatable bonds is 3. The summed E-state index contributed by atoms with van der Waals surface area (Å²) in [4.78, 5) is 0. The topological polar surface area (TPSA) is 32.3 Å². The Balaban J connectivity index is 2.48. The van der Waals surface area contributed by atoms with Gasteiger partial charge in [0.15, 0.2) is 0 Å². The molecule has 2 nitrogen and oxygen atoms in total. The summed E-state index contributed by atoms with van der Waals surface area (Å²) in [5.74, 6) is 0.828. The van der Waals surface area contributed by atoms with E-state index in [0.717, 1.165) is 12.3 Å². The third-order valence-electron chi connectivity index (χ3n) is 2.98. The highest BCUT2D eigenvalue weighted by molar-refractivity contribution is 4.93. The van der Waals surface area contributed by atoms with Crippen molar-refractivity contribution >= 4 is 0 Å². The zero-order valence-corrected chi connectivity index (χ0v) is 7.56. The molecule has 0 aromatic rings. The van der Waals surface area contributed by atoms with Crippen molar-refractivity contribution in [3.63, 3.8) is 0 Å². The summed E-state index contributed by atoms with van der Waals surface area (Å²) in [6.45, 7) is 2.60. The van der Waals surface area contributed by atoms with Gasteiger partial charge in [-0.25, -0.2) is 0 Å². The van der Waals surface area contributed by atoms with E-state index in [1.165, 1.54) is 19.3 Å². The molecule has 0 radical (unpaired) electrons. The van der Waals surface area contributed by atoms with Crippen LogP contribution in [0, 0.1) is 5.92 Å². The molecule has 66 valence electrons. The molecule has 2 unspecified atom stereocenters. The number of hydrogen-bond donors (Lipinski definition) is 2. The highest BCUT2D eigenvalue weighted by Gasteiger charge is 2.34. The second kappa shape index (κ2) is 3.55. The molecular weight excluding hydrogens is 138 g/mol. The van der Waals surface area contributed by atoms with Gasteiger partial charge in [0.25, 0.3) is 0 Å². The van der Waals surface area contributed by atoms with Crippen molar-refractivity contribution in [2.45, 2.75) is 38.1 Å². The Morgan fingerprint density at radius 3 is 2.73 bits per heavy atom. The van der Waals surface area contributed by atoms with Crippen LogP contribution in [0.5, 0.6) is 0 Å². The lowest BCUT2D eigenvalue weighted by atomic mass is 9.93. The van der Waals surface area contributed by atoms with Crippen molar-refractivity contribution in [1.29, 1.82) is 0 Å². The zero-order chi connectivity index (χ0) is 8.32. The molecule has 0 spiro atoms. The highest BCUT2D eigenvalue weighted by atomic mass is 16.3. The van der Waals surface area contributed by atoms with Crippen molar-refractivity contribution in [3.8, 4) is 0 Å². The first kappa shape index (κ1) is 9.01. The molecular formula is C9H19NO. The molecule has 0 saturated heterocycles. The predicted octanol–water partition coefficient (Wildman–Crippen LogP) is 1.15. The molecule has 0 aromatic heterocycles. The van der Waals surface area contributed by atoms with Crippen LogP contribution in [-0.4, -0.2) is 24.3 Å². The largest absolute Gasteiger partial charge is 0.396 e. The summed E-state index contributed by atoms with van der Waals surface area (Å²) < 4.78 is 0. The van der Waals surface area contributed by atoms with Gasteiger partial charge in [-0.2, -0.15) is 0 Å². The van der Waals surface area contributed by atoms with Gasteiger partial charge in [0.1, 0.15) is 0 Å². The molecule has 1 aliphatic rings. The standard InChI is InChI=1S/C9H19NO/c1-8-3-4-9(7-8,10-2)5-6-11/h8,10-11H,3-7H2,1-2H3. The molecule has 0 aliphatic heterocycles. The molecule has 11 heavy (non-hydrogen) atoms. The van der Waals surface area contributed by atoms with Crippen LogP contribution >= 0.6 is 0 Å². The Morgan fingerprint density at radius 2 is 2.36 bits per heavy atom. The van der Waals surface area contributed by atoms with Crippen molar-refractivity contribution < 1.29 is 5.11 Å². The van der Waals surface area contributed by atoms with E-state index in [9.17, 15) is 0 Å². The predicted molar refractivity (Wildman–Crippen MR) is 46.5 cm³/mol. The normalized spacial score (nSPS) is 37.9. The maximum Gasteiger partial charge on any atom is 0.0448 e. The fourth-order valence-corrected chi connectivity index (χ4v) is 2.19. The monoisotopic (exact) mass is 157 g/mol. The van der Waals surface area contributed by atoms with Gasteiger partial charge in [-0.3, -0.25) is 0 Å². The second-order valence-corrected chi connectivity index (χ2v) is 3.85. The lowest BCUT2D eigenvalue weighted by molar-refractivity contribution is 0.215. The molecule has 2 atom stereocenters. The Kier molecular flexibility index (Phi) is 2.90. The quantitative estimate of drug-likeness (QED) is 0.644. The fourth-order valence-electron chi connectivity index (χ4n) is 2.19. The van der Waals surface area contributed by atoms with Gasteiger partial charge in [-0.15, -0.1) is 0 Å². The van der Waals surface area contributed by atoms with Gasteiger partial charge in [0.2, 0.25) is 0 Å². The second-order valence-electron chi connectivity index (χ2n) is 3.85. The van der Waals surface area contributed by atoms with Crippen molar-refractivity contribution in [2.75, 3.05) is 13.7 Å². The van der Waals surface area contributed by atoms with Crippen molar-refractivity contribution in [3.05, 3.63) is 0 Å². The summed E-state index contributed by atoms with van der Waals surface area (Å²) in [6.07, 6.45) is 4.67. The number of aliphatic hydroxyl groups excluding tert-OH is 1. The minimum atomic E-state index is 0.258. The van der Waals surface area contributed by atoms with Crippen molar-refractivity contribution in [2.24, 2.45) is 5.92 Å². The average molecular weight is 157 g/mol. The van der Waals surface area contributed by atoms with E-state index in [2.05, 4.69) is 12.2 Å². The third kappa shape index (κ3) is 1.94. The minimum absolute atomic E-state index is 0.258. The van der Waals surface area contributed by atoms with E-state index in [-0.39, 0.29) is 5.54 Å². The van der Waals surface area contributed by atoms with Gasteiger partial charge in [0, 0.05) is 12.1 Å². The Bertz CT molecular complexity index is 123. The van der Waals surface area contributed by atoms with Crippen LogP contribution in [0.4, 0.5) is 0 Å². The van der Waals surface area contributed by atoms with E-state index >= 15 is 0 Å². The lowest BCUT2D eigenvalue weighted by Crippen LogP contribution is -2.41. The van der Waals surface area contributed by atoms with Gasteiger partial charge in [0.05, 0.1) is 0 Å². The summed E-state index contributed by atoms with van der Waals surface area (Å²) >= 11 is 0. The summed E-state index contributed by atoms with van der Waals surface area (Å²) in [6, 6.07) is 0. The number of hydrogen-bond acceptors (Lipinski definition) is 2. The molecule has 0 bridgehead atoms. The Labute approximate surface area is 69.0 Å². The van der Waals surface area contributed by atoms with Crippen LogP contribution in [0.3, 0.4) is 0 Å². The summed E-state index contributed by atoms with van der Waals surface area (Å²) in [5, 5.41) is 12.2. The van der Waals surface area contributed by atoms with Crippen LogP contribution in [-0.2, 0) is 0 Å². The smallest absolute Gasteiger partial charge is 0.0448 e. The first-order valence-electron chi connectivity index (χ1n) is 4.52. The first-order valence-corrected chi connectivity index (χ1v) is 4.52. The third-order valence-corrected chi connectivity index (χ3v) is 2.98. The molecule has 0 aromatic carbocycles. The summed E-state index contributed by atoms with van der Waals surface area (Å²) in [7, 11) is 2.01. The molecule has 0 amide bonds. The van der Waals surface area contributed by atoms with Gasteiger partial charge >= 0.3 is 0 Å². The SMILES string of the molecule is CNC1(CCO)CCC(C)C1. The Hall–Kier alpha value is -0.0800.